The maximum Gasteiger partial charge on any atom is 0.410 e. The zero-order valence-corrected chi connectivity index (χ0v) is 30.7. The van der Waals surface area contributed by atoms with Gasteiger partial charge in [-0.05, 0) is 109 Å². The number of aromatic amines is 1. The van der Waals surface area contributed by atoms with Crippen LogP contribution in [0.4, 0.5) is 14.0 Å². The van der Waals surface area contributed by atoms with Crippen LogP contribution in [0.1, 0.15) is 75.7 Å². The predicted molar refractivity (Wildman–Crippen MR) is 209 cm³/mol. The lowest BCUT2D eigenvalue weighted by atomic mass is 9.95. The fraction of sp³-hybridized carbons (Fsp3) is 0.318. The van der Waals surface area contributed by atoms with Crippen molar-refractivity contribution in [3.8, 4) is 11.1 Å². The van der Waals surface area contributed by atoms with Crippen molar-refractivity contribution in [2.75, 3.05) is 13.1 Å². The zero-order valence-electron chi connectivity index (χ0n) is 30.7. The topological polar surface area (TPSA) is 104 Å². The lowest BCUT2D eigenvalue weighted by molar-refractivity contribution is 0.0265. The number of H-pyrrole nitrogens is 1. The first-order valence-corrected chi connectivity index (χ1v) is 18.6. The molecule has 276 valence electrons. The van der Waals surface area contributed by atoms with Gasteiger partial charge in [0.05, 0.1) is 23.3 Å². The van der Waals surface area contributed by atoms with Crippen molar-refractivity contribution in [3.63, 3.8) is 0 Å². The summed E-state index contributed by atoms with van der Waals surface area (Å²) in [6.45, 7) is 6.84. The highest BCUT2D eigenvalue weighted by atomic mass is 19.1. The number of hydrogen-bond donors (Lipinski definition) is 1. The Morgan fingerprint density at radius 3 is 2.22 bits per heavy atom. The highest BCUT2D eigenvalue weighted by Gasteiger charge is 2.37. The van der Waals surface area contributed by atoms with E-state index in [2.05, 4.69) is 35.3 Å². The van der Waals surface area contributed by atoms with E-state index in [0.29, 0.717) is 37.9 Å². The number of likely N-dealkylation sites (tertiary alicyclic amines) is 2. The Labute approximate surface area is 313 Å². The molecule has 8 rings (SSSR count). The first kappa shape index (κ1) is 35.3. The molecule has 2 amide bonds. The Balaban J connectivity index is 0.995. The van der Waals surface area contributed by atoms with Gasteiger partial charge in [0.1, 0.15) is 12.2 Å². The summed E-state index contributed by atoms with van der Waals surface area (Å²) in [5.41, 5.74) is 5.22. The number of halogens is 1. The number of carbonyl (C=O) groups is 2. The molecule has 0 radical (unpaired) electrons. The van der Waals surface area contributed by atoms with Gasteiger partial charge in [0.2, 0.25) is 5.43 Å². The van der Waals surface area contributed by atoms with Crippen LogP contribution in [0.3, 0.4) is 0 Å². The standard InChI is InChI=1S/C44H43FN4O5/c1-44(2,3)54-43(52)48-19-7-11-37(48)36-24-33(25-46-36)31-16-15-28-21-30(14-13-29(28)22-31)32-17-18-34-35(23-32)47-40(39(45)41(34)50)38-12-8-20-49(38)42(51)53-26-27-9-5-4-6-10-27/h4-6,9-10,13-18,21-23,25,37-38H,7-8,11-12,19-20,24,26H2,1-3H3,(H,47,50)/t37-,38?/m0/s1. The number of carbonyl (C=O) groups excluding carboxylic acids is 2. The van der Waals surface area contributed by atoms with Crippen LogP contribution in [-0.4, -0.2) is 57.4 Å². The summed E-state index contributed by atoms with van der Waals surface area (Å²) in [6.07, 6.45) is 4.76. The highest BCUT2D eigenvalue weighted by molar-refractivity contribution is 6.03. The van der Waals surface area contributed by atoms with Gasteiger partial charge in [-0.15, -0.1) is 0 Å². The molecule has 4 heterocycles. The van der Waals surface area contributed by atoms with Gasteiger partial charge in [0.25, 0.3) is 0 Å². The molecular weight excluding hydrogens is 684 g/mol. The maximum atomic E-state index is 15.7. The van der Waals surface area contributed by atoms with Gasteiger partial charge >= 0.3 is 12.2 Å². The third-order valence-electron chi connectivity index (χ3n) is 10.6. The number of benzene rings is 4. The average molecular weight is 727 g/mol. The van der Waals surface area contributed by atoms with Crippen LogP contribution in [0.15, 0.2) is 101 Å². The van der Waals surface area contributed by atoms with E-state index in [1.807, 2.05) is 80.4 Å². The average Bonchev–Trinajstić information content (AvgIpc) is 3.96. The van der Waals surface area contributed by atoms with Crippen LogP contribution in [0.25, 0.3) is 38.4 Å². The molecule has 1 N–H and O–H groups in total. The molecule has 2 fully saturated rings. The van der Waals surface area contributed by atoms with Gasteiger partial charge in [-0.1, -0.05) is 60.7 Å². The van der Waals surface area contributed by atoms with Crippen molar-refractivity contribution in [3.05, 3.63) is 124 Å². The van der Waals surface area contributed by atoms with Gasteiger partial charge in [0, 0.05) is 36.8 Å². The van der Waals surface area contributed by atoms with Gasteiger partial charge < -0.3 is 14.5 Å². The van der Waals surface area contributed by atoms with E-state index in [1.165, 1.54) is 4.90 Å². The quantitative estimate of drug-likeness (QED) is 0.188. The Morgan fingerprint density at radius 2 is 1.48 bits per heavy atom. The van der Waals surface area contributed by atoms with Gasteiger partial charge in [-0.3, -0.25) is 19.6 Å². The molecule has 0 spiro atoms. The lowest BCUT2D eigenvalue weighted by Crippen LogP contribution is -2.43. The fourth-order valence-corrected chi connectivity index (χ4v) is 7.89. The minimum Gasteiger partial charge on any atom is -0.445 e. The van der Waals surface area contributed by atoms with E-state index < -0.39 is 29.0 Å². The van der Waals surface area contributed by atoms with Crippen LogP contribution in [0, 0.1) is 5.82 Å². The van der Waals surface area contributed by atoms with Gasteiger partial charge in [-0.2, -0.15) is 0 Å². The summed E-state index contributed by atoms with van der Waals surface area (Å²) in [6, 6.07) is 26.6. The van der Waals surface area contributed by atoms with Crippen LogP contribution in [-0.2, 0) is 16.1 Å². The fourth-order valence-electron chi connectivity index (χ4n) is 7.89. The Kier molecular flexibility index (Phi) is 9.29. The Hall–Kier alpha value is -5.77. The zero-order chi connectivity index (χ0) is 37.6. The number of aromatic nitrogens is 1. The number of aliphatic imine (C=N–C) groups is 1. The van der Waals surface area contributed by atoms with Crippen molar-refractivity contribution in [1.82, 2.24) is 14.8 Å². The van der Waals surface area contributed by atoms with E-state index >= 15 is 4.39 Å². The lowest BCUT2D eigenvalue weighted by Gasteiger charge is -2.28. The second-order valence-corrected chi connectivity index (χ2v) is 15.4. The van der Waals surface area contributed by atoms with Crippen molar-refractivity contribution in [2.24, 2.45) is 4.99 Å². The van der Waals surface area contributed by atoms with Crippen molar-refractivity contribution in [1.29, 1.82) is 0 Å². The van der Waals surface area contributed by atoms with Crippen LogP contribution in [0.5, 0.6) is 0 Å². The first-order chi connectivity index (χ1) is 26.0. The summed E-state index contributed by atoms with van der Waals surface area (Å²) >= 11 is 0. The smallest absolute Gasteiger partial charge is 0.410 e. The molecule has 5 aromatic rings. The summed E-state index contributed by atoms with van der Waals surface area (Å²) in [5.74, 6) is -0.872. The van der Waals surface area contributed by atoms with Crippen molar-refractivity contribution < 1.29 is 23.5 Å². The van der Waals surface area contributed by atoms with Crippen molar-refractivity contribution >= 4 is 45.1 Å². The van der Waals surface area contributed by atoms with Gasteiger partial charge in [-0.25, -0.2) is 14.0 Å². The van der Waals surface area contributed by atoms with Crippen LogP contribution >= 0.6 is 0 Å². The number of fused-ring (bicyclic) bond motifs is 2. The second kappa shape index (κ2) is 14.2. The molecule has 0 bridgehead atoms. The normalized spacial score (nSPS) is 18.7. The second-order valence-electron chi connectivity index (χ2n) is 15.4. The van der Waals surface area contributed by atoms with Crippen LogP contribution < -0.4 is 5.43 Å². The highest BCUT2D eigenvalue weighted by Crippen LogP contribution is 2.36. The molecule has 2 saturated heterocycles. The molecule has 0 saturated carbocycles. The minimum atomic E-state index is -0.872. The molecule has 10 heteroatoms. The number of ether oxygens (including phenoxy) is 2. The number of allylic oxidation sites excluding steroid dienone is 1. The van der Waals surface area contributed by atoms with Gasteiger partial charge in [0.15, 0.2) is 5.82 Å². The molecular formula is C44H43FN4O5. The number of amides is 2. The number of pyridine rings is 1. The number of rotatable bonds is 6. The minimum absolute atomic E-state index is 0.0559. The summed E-state index contributed by atoms with van der Waals surface area (Å²) in [5, 5.41) is 2.37. The van der Waals surface area contributed by atoms with E-state index in [-0.39, 0.29) is 29.8 Å². The monoisotopic (exact) mass is 726 g/mol. The molecule has 0 aliphatic carbocycles. The predicted octanol–water partition coefficient (Wildman–Crippen LogP) is 9.55. The summed E-state index contributed by atoms with van der Waals surface area (Å²) < 4.78 is 26.9. The summed E-state index contributed by atoms with van der Waals surface area (Å²) in [4.78, 5) is 50.6. The SMILES string of the molecule is CC(C)(C)OC(=O)N1CCC[C@H]1C1=NC=C(c2ccc3cc(-c4ccc5c(=O)c(F)c(C6CCCN6C(=O)OCc6ccccc6)[nH]c5c4)ccc3c2)C1. The molecule has 4 aromatic carbocycles. The number of hydrogen-bond acceptors (Lipinski definition) is 6. The maximum absolute atomic E-state index is 15.7. The van der Waals surface area contributed by atoms with Crippen LogP contribution in [0.2, 0.25) is 0 Å². The van der Waals surface area contributed by atoms with Crippen molar-refractivity contribution in [2.45, 2.75) is 77.2 Å². The van der Waals surface area contributed by atoms with E-state index in [9.17, 15) is 14.4 Å². The largest absolute Gasteiger partial charge is 0.445 e. The molecule has 1 aromatic heterocycles. The third-order valence-corrected chi connectivity index (χ3v) is 10.6. The molecule has 9 nitrogen and oxygen atoms in total. The number of nitrogens with zero attached hydrogens (tertiary/aromatic N) is 3. The molecule has 2 atom stereocenters. The molecule has 1 unspecified atom stereocenters. The van der Waals surface area contributed by atoms with E-state index in [1.54, 1.807) is 6.07 Å². The number of nitrogens with one attached hydrogen (secondary N) is 1. The molecule has 3 aliphatic rings. The Bertz CT molecular complexity index is 2400. The third kappa shape index (κ3) is 7.00. The molecule has 54 heavy (non-hydrogen) atoms. The van der Waals surface area contributed by atoms with E-state index in [4.69, 9.17) is 14.5 Å². The van der Waals surface area contributed by atoms with E-state index in [0.717, 1.165) is 57.2 Å². The first-order valence-electron chi connectivity index (χ1n) is 18.6. The summed E-state index contributed by atoms with van der Waals surface area (Å²) in [7, 11) is 0. The molecule has 3 aliphatic heterocycles. The Morgan fingerprint density at radius 1 is 0.833 bits per heavy atom.